The lowest BCUT2D eigenvalue weighted by molar-refractivity contribution is 0.476. The van der Waals surface area contributed by atoms with Crippen LogP contribution in [0.2, 0.25) is 0 Å². The van der Waals surface area contributed by atoms with Crippen molar-refractivity contribution in [3.05, 3.63) is 53.0 Å². The van der Waals surface area contributed by atoms with Crippen LogP contribution < -0.4 is 5.32 Å². The van der Waals surface area contributed by atoms with Gasteiger partial charge in [-0.2, -0.15) is 5.26 Å². The van der Waals surface area contributed by atoms with Crippen molar-refractivity contribution in [3.63, 3.8) is 0 Å². The first-order valence-corrected chi connectivity index (χ1v) is 6.05. The van der Waals surface area contributed by atoms with E-state index in [0.29, 0.717) is 12.1 Å². The Labute approximate surface area is 107 Å². The molecule has 2 rings (SSSR count). The number of nitrogens with zero attached hydrogens (tertiary/aromatic N) is 1. The van der Waals surface area contributed by atoms with Crippen LogP contribution in [-0.2, 0) is 13.0 Å². The summed E-state index contributed by atoms with van der Waals surface area (Å²) in [5.41, 5.74) is 2.76. The summed E-state index contributed by atoms with van der Waals surface area (Å²) in [4.78, 5) is 0. The van der Waals surface area contributed by atoms with Gasteiger partial charge in [0.05, 0.1) is 18.2 Å². The van der Waals surface area contributed by atoms with Gasteiger partial charge in [0.25, 0.3) is 0 Å². The van der Waals surface area contributed by atoms with Crippen LogP contribution in [0.4, 0.5) is 5.69 Å². The van der Waals surface area contributed by atoms with Gasteiger partial charge in [0.1, 0.15) is 11.5 Å². The second-order valence-electron chi connectivity index (χ2n) is 4.22. The molecular formula is C15H16N2O. The molecule has 0 atom stereocenters. The lowest BCUT2D eigenvalue weighted by Gasteiger charge is -2.08. The maximum atomic E-state index is 8.88. The van der Waals surface area contributed by atoms with Crippen LogP contribution in [0.1, 0.15) is 29.6 Å². The molecule has 0 saturated carbocycles. The van der Waals surface area contributed by atoms with Crippen molar-refractivity contribution < 1.29 is 4.42 Å². The molecule has 3 heteroatoms. The van der Waals surface area contributed by atoms with Gasteiger partial charge in [-0.3, -0.25) is 0 Å². The van der Waals surface area contributed by atoms with Gasteiger partial charge in [-0.25, -0.2) is 0 Å². The zero-order valence-electron chi connectivity index (χ0n) is 10.7. The van der Waals surface area contributed by atoms with Gasteiger partial charge in [0.15, 0.2) is 0 Å². The Morgan fingerprint density at radius 1 is 1.22 bits per heavy atom. The van der Waals surface area contributed by atoms with Crippen LogP contribution in [0.3, 0.4) is 0 Å². The average Bonchev–Trinajstić information content (AvgIpc) is 2.86. The molecule has 0 saturated heterocycles. The number of hydrogen-bond acceptors (Lipinski definition) is 3. The SMILES string of the molecule is CCc1ccc(CNc2cc(C#N)ccc2C)o1. The summed E-state index contributed by atoms with van der Waals surface area (Å²) in [6, 6.07) is 11.7. The average molecular weight is 240 g/mol. The molecule has 1 N–H and O–H groups in total. The molecule has 0 radical (unpaired) electrons. The molecule has 0 aliphatic carbocycles. The van der Waals surface area contributed by atoms with E-state index in [-0.39, 0.29) is 0 Å². The molecule has 0 bridgehead atoms. The predicted molar refractivity (Wildman–Crippen MR) is 71.3 cm³/mol. The van der Waals surface area contributed by atoms with E-state index < -0.39 is 0 Å². The molecular weight excluding hydrogens is 224 g/mol. The smallest absolute Gasteiger partial charge is 0.123 e. The van der Waals surface area contributed by atoms with Crippen LogP contribution in [-0.4, -0.2) is 0 Å². The summed E-state index contributed by atoms with van der Waals surface area (Å²) in [6.07, 6.45) is 0.906. The molecule has 0 spiro atoms. The van der Waals surface area contributed by atoms with Crippen molar-refractivity contribution in [2.24, 2.45) is 0 Å². The fourth-order valence-electron chi connectivity index (χ4n) is 1.77. The standard InChI is InChI=1S/C15H16N2O/c1-3-13-6-7-14(18-13)10-17-15-8-12(9-16)5-4-11(15)2/h4-8,17H,3,10H2,1-2H3. The number of aryl methyl sites for hydroxylation is 2. The Kier molecular flexibility index (Phi) is 3.69. The maximum absolute atomic E-state index is 8.88. The van der Waals surface area contributed by atoms with E-state index in [1.165, 1.54) is 0 Å². The van der Waals surface area contributed by atoms with E-state index in [1.807, 2.05) is 37.3 Å². The van der Waals surface area contributed by atoms with Crippen molar-refractivity contribution in [2.75, 3.05) is 5.32 Å². The lowest BCUT2D eigenvalue weighted by Crippen LogP contribution is -2.00. The largest absolute Gasteiger partial charge is 0.464 e. The Bertz CT molecular complexity index is 578. The van der Waals surface area contributed by atoms with E-state index in [0.717, 1.165) is 29.2 Å². The zero-order chi connectivity index (χ0) is 13.0. The summed E-state index contributed by atoms with van der Waals surface area (Å²) in [5, 5.41) is 12.2. The third kappa shape index (κ3) is 2.72. The topological polar surface area (TPSA) is 49.0 Å². The van der Waals surface area contributed by atoms with Crippen LogP contribution in [0.25, 0.3) is 0 Å². The number of hydrogen-bond donors (Lipinski definition) is 1. The zero-order valence-corrected chi connectivity index (χ0v) is 10.7. The number of rotatable bonds is 4. The molecule has 92 valence electrons. The monoisotopic (exact) mass is 240 g/mol. The summed E-state index contributed by atoms with van der Waals surface area (Å²) < 4.78 is 5.62. The van der Waals surface area contributed by atoms with Crippen molar-refractivity contribution in [1.29, 1.82) is 5.26 Å². The van der Waals surface area contributed by atoms with E-state index in [2.05, 4.69) is 18.3 Å². The first kappa shape index (κ1) is 12.3. The molecule has 0 aliphatic rings. The van der Waals surface area contributed by atoms with Gasteiger partial charge < -0.3 is 9.73 Å². The third-order valence-electron chi connectivity index (χ3n) is 2.89. The fraction of sp³-hybridized carbons (Fsp3) is 0.267. The van der Waals surface area contributed by atoms with Crippen molar-refractivity contribution in [3.8, 4) is 6.07 Å². The van der Waals surface area contributed by atoms with Crippen LogP contribution in [0, 0.1) is 18.3 Å². The van der Waals surface area contributed by atoms with Crippen molar-refractivity contribution in [2.45, 2.75) is 26.8 Å². The highest BCUT2D eigenvalue weighted by atomic mass is 16.3. The van der Waals surface area contributed by atoms with Crippen molar-refractivity contribution >= 4 is 5.69 Å². The lowest BCUT2D eigenvalue weighted by atomic mass is 10.1. The molecule has 1 aromatic carbocycles. The van der Waals surface area contributed by atoms with Gasteiger partial charge in [0, 0.05) is 12.1 Å². The highest BCUT2D eigenvalue weighted by molar-refractivity contribution is 5.55. The van der Waals surface area contributed by atoms with Crippen molar-refractivity contribution in [1.82, 2.24) is 0 Å². The molecule has 0 unspecified atom stereocenters. The number of furan rings is 1. The van der Waals surface area contributed by atoms with Crippen LogP contribution >= 0.6 is 0 Å². The first-order chi connectivity index (χ1) is 8.72. The summed E-state index contributed by atoms with van der Waals surface area (Å²) in [5.74, 6) is 1.91. The van der Waals surface area contributed by atoms with Gasteiger partial charge in [-0.05, 0) is 36.8 Å². The first-order valence-electron chi connectivity index (χ1n) is 6.05. The summed E-state index contributed by atoms with van der Waals surface area (Å²) >= 11 is 0. The summed E-state index contributed by atoms with van der Waals surface area (Å²) in [7, 11) is 0. The molecule has 0 aliphatic heterocycles. The highest BCUT2D eigenvalue weighted by Crippen LogP contribution is 2.18. The number of nitriles is 1. The van der Waals surface area contributed by atoms with Crippen LogP contribution in [0.15, 0.2) is 34.7 Å². The van der Waals surface area contributed by atoms with E-state index in [9.17, 15) is 0 Å². The van der Waals surface area contributed by atoms with Gasteiger partial charge >= 0.3 is 0 Å². The molecule has 1 aromatic heterocycles. The Morgan fingerprint density at radius 2 is 2.00 bits per heavy atom. The molecule has 0 fully saturated rings. The maximum Gasteiger partial charge on any atom is 0.123 e. The van der Waals surface area contributed by atoms with E-state index in [4.69, 9.17) is 9.68 Å². The molecule has 0 amide bonds. The predicted octanol–water partition coefficient (Wildman–Crippen LogP) is 3.63. The summed E-state index contributed by atoms with van der Waals surface area (Å²) in [6.45, 7) is 4.72. The fourth-order valence-corrected chi connectivity index (χ4v) is 1.77. The Morgan fingerprint density at radius 3 is 2.67 bits per heavy atom. The van der Waals surface area contributed by atoms with E-state index in [1.54, 1.807) is 0 Å². The second kappa shape index (κ2) is 5.42. The minimum Gasteiger partial charge on any atom is -0.464 e. The molecule has 1 heterocycles. The number of benzene rings is 1. The highest BCUT2D eigenvalue weighted by Gasteiger charge is 2.03. The molecule has 3 nitrogen and oxygen atoms in total. The van der Waals surface area contributed by atoms with Gasteiger partial charge in [-0.15, -0.1) is 0 Å². The normalized spacial score (nSPS) is 10.1. The minimum absolute atomic E-state index is 0.635. The Hall–Kier alpha value is -2.21. The third-order valence-corrected chi connectivity index (χ3v) is 2.89. The number of anilines is 1. The second-order valence-corrected chi connectivity index (χ2v) is 4.22. The number of nitrogens with one attached hydrogen (secondary N) is 1. The quantitative estimate of drug-likeness (QED) is 0.887. The van der Waals surface area contributed by atoms with Crippen LogP contribution in [0.5, 0.6) is 0 Å². The minimum atomic E-state index is 0.635. The molecule has 2 aromatic rings. The van der Waals surface area contributed by atoms with E-state index >= 15 is 0 Å². The Balaban J connectivity index is 2.08. The van der Waals surface area contributed by atoms with Gasteiger partial charge in [0.2, 0.25) is 0 Å². The molecule has 18 heavy (non-hydrogen) atoms. The van der Waals surface area contributed by atoms with Gasteiger partial charge in [-0.1, -0.05) is 13.0 Å².